The lowest BCUT2D eigenvalue weighted by molar-refractivity contribution is -0.0659. The van der Waals surface area contributed by atoms with Crippen molar-refractivity contribution in [3.05, 3.63) is 0 Å². The molecule has 0 fully saturated rings. The molecule has 1 unspecified atom stereocenters. The molecule has 0 aliphatic carbocycles. The van der Waals surface area contributed by atoms with Crippen LogP contribution < -0.4 is 5.73 Å². The lowest BCUT2D eigenvalue weighted by atomic mass is 10.4. The number of alkyl halides is 3. The van der Waals surface area contributed by atoms with Crippen molar-refractivity contribution in [3.8, 4) is 0 Å². The summed E-state index contributed by atoms with van der Waals surface area (Å²) in [5.74, 6) is 0. The van der Waals surface area contributed by atoms with Crippen LogP contribution in [-0.4, -0.2) is 12.2 Å². The number of hydrogen-bond donors (Lipinski definition) is 0. The number of rotatable bonds is 1. The Morgan fingerprint density at radius 1 is 1.57 bits per heavy atom. The van der Waals surface area contributed by atoms with Gasteiger partial charge < -0.3 is 0 Å². The summed E-state index contributed by atoms with van der Waals surface area (Å²) in [6, 6.07) is -4.17. The van der Waals surface area contributed by atoms with Gasteiger partial charge in [-0.2, -0.15) is 8.78 Å². The summed E-state index contributed by atoms with van der Waals surface area (Å²) >= 11 is 0. The van der Waals surface area contributed by atoms with Gasteiger partial charge in [0, 0.05) is 0 Å². The summed E-state index contributed by atoms with van der Waals surface area (Å²) in [4.78, 5) is 0. The minimum atomic E-state index is -4.17. The second-order valence-electron chi connectivity index (χ2n) is 1.20. The van der Waals surface area contributed by atoms with Gasteiger partial charge in [-0.1, -0.05) is 5.73 Å². The molecule has 0 heterocycles. The Hall–Kier alpha value is -0.250. The van der Waals surface area contributed by atoms with Crippen molar-refractivity contribution >= 4 is 0 Å². The number of halogens is 3. The Morgan fingerprint density at radius 3 is 1.71 bits per heavy atom. The fraction of sp³-hybridized carbons (Fsp3) is 1.00. The van der Waals surface area contributed by atoms with E-state index in [9.17, 15) is 13.2 Å². The lowest BCUT2D eigenvalue weighted by Crippen LogP contribution is -2.28. The Labute approximate surface area is 39.3 Å². The summed E-state index contributed by atoms with van der Waals surface area (Å²) in [7, 11) is 0. The second-order valence-corrected chi connectivity index (χ2v) is 1.20. The summed E-state index contributed by atoms with van der Waals surface area (Å²) in [6.45, 7) is 0.583. The highest BCUT2D eigenvalue weighted by Crippen LogP contribution is 2.14. The van der Waals surface area contributed by atoms with E-state index in [0.29, 0.717) is 6.92 Å². The van der Waals surface area contributed by atoms with E-state index in [1.54, 1.807) is 0 Å². The molecule has 0 saturated heterocycles. The third kappa shape index (κ3) is 2.45. The normalized spacial score (nSPS) is 16.7. The fourth-order valence-corrected chi connectivity index (χ4v) is 0. The summed E-state index contributed by atoms with van der Waals surface area (Å²) in [5, 5.41) is 0. The molecule has 4 heteroatoms. The predicted molar refractivity (Wildman–Crippen MR) is 17.7 cm³/mol. The molecule has 0 spiro atoms. The molecule has 0 aromatic rings. The molecule has 42 valence electrons. The average Bonchev–Trinajstić information content (AvgIpc) is 1.31. The van der Waals surface area contributed by atoms with Crippen LogP contribution in [0.4, 0.5) is 13.2 Å². The van der Waals surface area contributed by atoms with Gasteiger partial charge >= 0.3 is 6.05 Å². The third-order valence-electron chi connectivity index (χ3n) is 0.479. The molecule has 1 atom stereocenters. The van der Waals surface area contributed by atoms with Crippen LogP contribution in [0.15, 0.2) is 0 Å². The Bertz CT molecular complexity index is 55.7. The van der Waals surface area contributed by atoms with Gasteiger partial charge in [0.1, 0.15) is 0 Å². The van der Waals surface area contributed by atoms with Gasteiger partial charge in [-0.3, -0.25) is 0 Å². The second kappa shape index (κ2) is 1.69. The maximum absolute atomic E-state index is 11.2. The topological polar surface area (TPSA) is 22.3 Å². The molecule has 2 radical (unpaired) electrons. The van der Waals surface area contributed by atoms with Crippen LogP contribution in [0.1, 0.15) is 6.92 Å². The minimum Gasteiger partial charge on any atom is -0.239 e. The molecule has 0 aromatic carbocycles. The average molecular weight is 111 g/mol. The first-order valence-corrected chi connectivity index (χ1v) is 1.69. The Morgan fingerprint density at radius 2 is 1.71 bits per heavy atom. The van der Waals surface area contributed by atoms with E-state index in [4.69, 9.17) is 5.73 Å². The molecule has 7 heavy (non-hydrogen) atoms. The molecule has 0 bridgehead atoms. The molecule has 0 amide bonds. The van der Waals surface area contributed by atoms with Crippen molar-refractivity contribution in [1.82, 2.24) is 5.73 Å². The SMILES string of the molecule is CC(F)C([N])(F)F. The van der Waals surface area contributed by atoms with E-state index in [2.05, 4.69) is 0 Å². The van der Waals surface area contributed by atoms with Crippen molar-refractivity contribution in [3.63, 3.8) is 0 Å². The summed E-state index contributed by atoms with van der Waals surface area (Å²) in [5.41, 5.74) is 7.39. The van der Waals surface area contributed by atoms with E-state index in [1.807, 2.05) is 0 Å². The first kappa shape index (κ1) is 6.75. The molecule has 0 aliphatic heterocycles. The van der Waals surface area contributed by atoms with Crippen molar-refractivity contribution in [2.24, 2.45) is 0 Å². The lowest BCUT2D eigenvalue weighted by Gasteiger charge is -2.05. The molecule has 0 aromatic heterocycles. The van der Waals surface area contributed by atoms with Crippen LogP contribution in [0.2, 0.25) is 0 Å². The molecule has 0 saturated carbocycles. The predicted octanol–water partition coefficient (Wildman–Crippen LogP) is 1.01. The van der Waals surface area contributed by atoms with E-state index < -0.39 is 12.2 Å². The van der Waals surface area contributed by atoms with Gasteiger partial charge in [-0.25, -0.2) is 4.39 Å². The molecule has 0 N–H and O–H groups in total. The van der Waals surface area contributed by atoms with Gasteiger partial charge in [-0.15, -0.1) is 0 Å². The van der Waals surface area contributed by atoms with E-state index >= 15 is 0 Å². The smallest absolute Gasteiger partial charge is 0.239 e. The monoisotopic (exact) mass is 111 g/mol. The zero-order valence-corrected chi connectivity index (χ0v) is 3.66. The van der Waals surface area contributed by atoms with Crippen LogP contribution in [-0.2, 0) is 0 Å². The number of hydrogen-bond acceptors (Lipinski definition) is 0. The maximum atomic E-state index is 11.2. The van der Waals surface area contributed by atoms with Gasteiger partial charge in [0.2, 0.25) is 0 Å². The largest absolute Gasteiger partial charge is 0.363 e. The maximum Gasteiger partial charge on any atom is 0.363 e. The van der Waals surface area contributed by atoms with Crippen molar-refractivity contribution < 1.29 is 13.2 Å². The zero-order chi connectivity index (χ0) is 6.08. The van der Waals surface area contributed by atoms with Crippen LogP contribution in [0.25, 0.3) is 0 Å². The summed E-state index contributed by atoms with van der Waals surface area (Å²) in [6.07, 6.45) is -2.48. The molecular formula is C3H4F3N. The first-order chi connectivity index (χ1) is 2.94. The van der Waals surface area contributed by atoms with Crippen LogP contribution in [0.5, 0.6) is 0 Å². The molecular weight excluding hydrogens is 107 g/mol. The highest BCUT2D eigenvalue weighted by molar-refractivity contribution is 4.61. The molecule has 0 rings (SSSR count). The molecule has 1 nitrogen and oxygen atoms in total. The van der Waals surface area contributed by atoms with Crippen molar-refractivity contribution in [2.75, 3.05) is 0 Å². The fourth-order valence-electron chi connectivity index (χ4n) is 0. The highest BCUT2D eigenvalue weighted by Gasteiger charge is 2.33. The number of nitrogens with zero attached hydrogens (tertiary/aromatic N) is 1. The van der Waals surface area contributed by atoms with Gasteiger partial charge in [0.05, 0.1) is 0 Å². The van der Waals surface area contributed by atoms with E-state index in [1.165, 1.54) is 0 Å². The Kier molecular flexibility index (Phi) is 1.63. The molecule has 0 aliphatic rings. The van der Waals surface area contributed by atoms with Crippen LogP contribution in [0, 0.1) is 0 Å². The third-order valence-corrected chi connectivity index (χ3v) is 0.479. The van der Waals surface area contributed by atoms with E-state index in [0.717, 1.165) is 0 Å². The quantitative estimate of drug-likeness (QED) is 0.450. The van der Waals surface area contributed by atoms with Crippen LogP contribution >= 0.6 is 0 Å². The van der Waals surface area contributed by atoms with E-state index in [-0.39, 0.29) is 0 Å². The van der Waals surface area contributed by atoms with Crippen molar-refractivity contribution in [2.45, 2.75) is 19.1 Å². The first-order valence-electron chi connectivity index (χ1n) is 1.69. The van der Waals surface area contributed by atoms with Crippen LogP contribution in [0.3, 0.4) is 0 Å². The Balaban J connectivity index is 3.54. The highest BCUT2D eigenvalue weighted by atomic mass is 19.3. The zero-order valence-electron chi connectivity index (χ0n) is 3.66. The van der Waals surface area contributed by atoms with Gasteiger partial charge in [-0.05, 0) is 6.92 Å². The summed E-state index contributed by atoms with van der Waals surface area (Å²) < 4.78 is 33.3. The van der Waals surface area contributed by atoms with Gasteiger partial charge in [0.15, 0.2) is 6.17 Å². The standard InChI is InChI=1S/C3H4F3N/c1-2(4)3(5,6)7/h2H,1H3. The van der Waals surface area contributed by atoms with Gasteiger partial charge in [0.25, 0.3) is 0 Å². The van der Waals surface area contributed by atoms with Crippen molar-refractivity contribution in [1.29, 1.82) is 0 Å². The minimum absolute atomic E-state index is 0.583.